The fourth-order valence-electron chi connectivity index (χ4n) is 9.95. The first-order valence-corrected chi connectivity index (χ1v) is 33.9. The van der Waals surface area contributed by atoms with Crippen LogP contribution in [0.15, 0.2) is 72.9 Å². The van der Waals surface area contributed by atoms with Crippen LogP contribution in [0.2, 0.25) is 0 Å². The van der Waals surface area contributed by atoms with Crippen molar-refractivity contribution in [3.8, 4) is 0 Å². The minimum Gasteiger partial charge on any atom is -0.462 e. The van der Waals surface area contributed by atoms with E-state index in [4.69, 9.17) is 14.2 Å². The minimum atomic E-state index is -0.793. The fraction of sp³-hybridized carbons (Fsp3) is 0.792. The monoisotopic (exact) mass is 1090 g/mol. The van der Waals surface area contributed by atoms with E-state index in [-0.39, 0.29) is 31.1 Å². The van der Waals surface area contributed by atoms with Gasteiger partial charge in [-0.15, -0.1) is 0 Å². The summed E-state index contributed by atoms with van der Waals surface area (Å²) in [5, 5.41) is 0. The van der Waals surface area contributed by atoms with Crippen molar-refractivity contribution in [3.05, 3.63) is 72.9 Å². The quantitative estimate of drug-likeness (QED) is 0.0261. The molecule has 6 nitrogen and oxygen atoms in total. The minimum absolute atomic E-state index is 0.0864. The van der Waals surface area contributed by atoms with Crippen LogP contribution in [0.5, 0.6) is 0 Å². The summed E-state index contributed by atoms with van der Waals surface area (Å²) in [5.41, 5.74) is 0. The Kier molecular flexibility index (Phi) is 63.7. The first-order chi connectivity index (χ1) is 38.5. The number of esters is 3. The van der Waals surface area contributed by atoms with Crippen molar-refractivity contribution in [2.45, 2.75) is 354 Å². The molecule has 0 fully saturated rings. The molecule has 0 rings (SSSR count). The van der Waals surface area contributed by atoms with Crippen molar-refractivity contribution in [1.82, 2.24) is 0 Å². The molecule has 452 valence electrons. The average molecular weight is 1090 g/mol. The van der Waals surface area contributed by atoms with Gasteiger partial charge in [-0.1, -0.05) is 318 Å². The Bertz CT molecular complexity index is 1440. The van der Waals surface area contributed by atoms with Gasteiger partial charge in [-0.05, 0) is 83.5 Å². The van der Waals surface area contributed by atoms with E-state index in [0.29, 0.717) is 19.3 Å². The average Bonchev–Trinajstić information content (AvgIpc) is 3.44. The van der Waals surface area contributed by atoms with E-state index in [1.807, 2.05) is 0 Å². The summed E-state index contributed by atoms with van der Waals surface area (Å²) < 4.78 is 16.9. The van der Waals surface area contributed by atoms with Crippen molar-refractivity contribution in [2.75, 3.05) is 13.2 Å². The number of allylic oxidation sites excluding steroid dienone is 12. The van der Waals surface area contributed by atoms with E-state index in [9.17, 15) is 14.4 Å². The molecular formula is C72H128O6. The largest absolute Gasteiger partial charge is 0.462 e. The van der Waals surface area contributed by atoms with Crippen LogP contribution in [-0.2, 0) is 28.6 Å². The predicted octanol–water partition coefficient (Wildman–Crippen LogP) is 23.3. The van der Waals surface area contributed by atoms with Gasteiger partial charge in [-0.2, -0.15) is 0 Å². The Morgan fingerprint density at radius 2 is 0.500 bits per heavy atom. The maximum absolute atomic E-state index is 12.9. The van der Waals surface area contributed by atoms with Gasteiger partial charge in [0.15, 0.2) is 6.10 Å². The zero-order chi connectivity index (χ0) is 56.4. The number of unbranched alkanes of at least 4 members (excludes halogenated alkanes) is 39. The molecular weight excluding hydrogens is 961 g/mol. The number of carbonyl (C=O) groups is 3. The summed E-state index contributed by atoms with van der Waals surface area (Å²) in [5.74, 6) is -0.911. The van der Waals surface area contributed by atoms with Gasteiger partial charge < -0.3 is 14.2 Å². The molecule has 0 aromatic carbocycles. The molecule has 0 radical (unpaired) electrons. The molecule has 0 aliphatic rings. The highest BCUT2D eigenvalue weighted by atomic mass is 16.6. The van der Waals surface area contributed by atoms with Gasteiger partial charge in [0, 0.05) is 19.3 Å². The molecule has 1 atom stereocenters. The summed E-state index contributed by atoms with van der Waals surface area (Å²) in [4.78, 5) is 38.3. The Morgan fingerprint density at radius 1 is 0.269 bits per heavy atom. The maximum Gasteiger partial charge on any atom is 0.306 e. The van der Waals surface area contributed by atoms with Crippen molar-refractivity contribution in [1.29, 1.82) is 0 Å². The molecule has 0 heterocycles. The van der Waals surface area contributed by atoms with Crippen molar-refractivity contribution in [3.63, 3.8) is 0 Å². The lowest BCUT2D eigenvalue weighted by molar-refractivity contribution is -0.167. The Morgan fingerprint density at radius 3 is 0.795 bits per heavy atom. The van der Waals surface area contributed by atoms with Crippen molar-refractivity contribution in [2.24, 2.45) is 0 Å². The fourth-order valence-corrected chi connectivity index (χ4v) is 9.95. The van der Waals surface area contributed by atoms with Crippen LogP contribution in [0.4, 0.5) is 0 Å². The maximum atomic E-state index is 12.9. The predicted molar refractivity (Wildman–Crippen MR) is 339 cm³/mol. The lowest BCUT2D eigenvalue weighted by Crippen LogP contribution is -2.30. The Balaban J connectivity index is 4.18. The van der Waals surface area contributed by atoms with E-state index in [2.05, 4.69) is 93.7 Å². The van der Waals surface area contributed by atoms with Crippen LogP contribution >= 0.6 is 0 Å². The molecule has 0 aromatic rings. The number of hydrogen-bond donors (Lipinski definition) is 0. The van der Waals surface area contributed by atoms with Gasteiger partial charge >= 0.3 is 17.9 Å². The molecule has 0 aliphatic heterocycles. The third-order valence-electron chi connectivity index (χ3n) is 15.0. The second-order valence-corrected chi connectivity index (χ2v) is 22.7. The highest BCUT2D eigenvalue weighted by Crippen LogP contribution is 2.18. The summed E-state index contributed by atoms with van der Waals surface area (Å²) in [6.07, 6.45) is 86.6. The SMILES string of the molecule is CC/C=C\C/C=C\C/C=C\CCCCCCCCCC(=O)OC(COC(=O)CCCCC/C=C\C/C=C\C/C=C\CC)COC(=O)CCCCCCCCCCCCCCCCCCCCCCCCCCCCCCCC. The summed E-state index contributed by atoms with van der Waals surface area (Å²) in [7, 11) is 0. The van der Waals surface area contributed by atoms with Gasteiger partial charge in [0.05, 0.1) is 0 Å². The molecule has 0 N–H and O–H groups in total. The smallest absolute Gasteiger partial charge is 0.306 e. The van der Waals surface area contributed by atoms with Crippen molar-refractivity contribution < 1.29 is 28.6 Å². The van der Waals surface area contributed by atoms with E-state index in [0.717, 1.165) is 109 Å². The number of hydrogen-bond acceptors (Lipinski definition) is 6. The third kappa shape index (κ3) is 63.7. The molecule has 0 aliphatic carbocycles. The van der Waals surface area contributed by atoms with Crippen LogP contribution in [-0.4, -0.2) is 37.2 Å². The zero-order valence-electron chi connectivity index (χ0n) is 51.9. The normalized spacial score (nSPS) is 12.5. The van der Waals surface area contributed by atoms with Crippen LogP contribution in [0, 0.1) is 0 Å². The molecule has 0 bridgehead atoms. The first kappa shape index (κ1) is 74.8. The van der Waals surface area contributed by atoms with Crippen LogP contribution in [0.1, 0.15) is 348 Å². The van der Waals surface area contributed by atoms with Gasteiger partial charge in [-0.25, -0.2) is 0 Å². The van der Waals surface area contributed by atoms with Crippen LogP contribution < -0.4 is 0 Å². The molecule has 0 spiro atoms. The van der Waals surface area contributed by atoms with E-state index >= 15 is 0 Å². The standard InChI is InChI=1S/C72H128O6/c1-4-7-10-13-16-19-22-25-27-29-30-31-32-33-34-35-36-37-38-39-40-41-43-44-47-50-53-56-59-62-65-71(74)77-68-69(67-76-70(73)64-61-58-55-52-49-46-24-21-18-15-12-9-6-3)78-72(75)66-63-60-57-54-51-48-45-42-28-26-23-20-17-14-11-8-5-2/h8-9,11-12,17-18,20-21,26,28,46,49,69H,4-7,10,13-16,19,22-25,27,29-45,47-48,50-68H2,1-3H3/b11-8-,12-9-,20-17-,21-18-,28-26-,49-46-. The molecule has 1 unspecified atom stereocenters. The van der Waals surface area contributed by atoms with E-state index in [1.165, 1.54) is 199 Å². The van der Waals surface area contributed by atoms with Crippen LogP contribution in [0.3, 0.4) is 0 Å². The molecule has 78 heavy (non-hydrogen) atoms. The zero-order valence-corrected chi connectivity index (χ0v) is 51.9. The Hall–Kier alpha value is -3.15. The highest BCUT2D eigenvalue weighted by molar-refractivity contribution is 5.71. The van der Waals surface area contributed by atoms with E-state index < -0.39 is 6.10 Å². The summed E-state index contributed by atoms with van der Waals surface area (Å²) in [6, 6.07) is 0. The second-order valence-electron chi connectivity index (χ2n) is 22.7. The summed E-state index contributed by atoms with van der Waals surface area (Å²) in [6.45, 7) is 6.43. The van der Waals surface area contributed by atoms with Gasteiger partial charge in [0.1, 0.15) is 13.2 Å². The molecule has 0 saturated heterocycles. The van der Waals surface area contributed by atoms with Crippen LogP contribution in [0.25, 0.3) is 0 Å². The van der Waals surface area contributed by atoms with Crippen molar-refractivity contribution >= 4 is 17.9 Å². The second kappa shape index (κ2) is 66.4. The summed E-state index contributed by atoms with van der Waals surface area (Å²) >= 11 is 0. The van der Waals surface area contributed by atoms with Gasteiger partial charge in [0.25, 0.3) is 0 Å². The molecule has 0 amide bonds. The number of rotatable bonds is 62. The number of carbonyl (C=O) groups excluding carboxylic acids is 3. The Labute approximate surface area is 484 Å². The molecule has 6 heteroatoms. The lowest BCUT2D eigenvalue weighted by atomic mass is 10.0. The lowest BCUT2D eigenvalue weighted by Gasteiger charge is -2.18. The topological polar surface area (TPSA) is 78.9 Å². The van der Waals surface area contributed by atoms with Gasteiger partial charge in [-0.3, -0.25) is 14.4 Å². The first-order valence-electron chi connectivity index (χ1n) is 33.9. The van der Waals surface area contributed by atoms with E-state index in [1.54, 1.807) is 0 Å². The molecule has 0 aromatic heterocycles. The third-order valence-corrected chi connectivity index (χ3v) is 15.0. The molecule has 0 saturated carbocycles. The highest BCUT2D eigenvalue weighted by Gasteiger charge is 2.19. The van der Waals surface area contributed by atoms with Gasteiger partial charge in [0.2, 0.25) is 0 Å². The number of ether oxygens (including phenoxy) is 3.